The van der Waals surface area contributed by atoms with E-state index in [0.717, 1.165) is 18.4 Å². The molecule has 0 aliphatic carbocycles. The molecule has 7 heteroatoms. The van der Waals surface area contributed by atoms with Crippen molar-refractivity contribution in [3.05, 3.63) is 35.1 Å². The van der Waals surface area contributed by atoms with Gasteiger partial charge in [-0.1, -0.05) is 6.07 Å². The van der Waals surface area contributed by atoms with Crippen LogP contribution in [-0.2, 0) is 21.8 Å². The number of sulfone groups is 1. The molecule has 0 bridgehead atoms. The van der Waals surface area contributed by atoms with Crippen LogP contribution in [-0.4, -0.2) is 14.7 Å². The zero-order valence-corrected chi connectivity index (χ0v) is 8.99. The van der Waals surface area contributed by atoms with Crippen LogP contribution in [0.1, 0.15) is 11.1 Å². The SMILES string of the molecule is CS(=O)(=O)Cc1c(F)cccc1C(F)(F)F. The van der Waals surface area contributed by atoms with Crippen LogP contribution >= 0.6 is 0 Å². The van der Waals surface area contributed by atoms with Gasteiger partial charge in [0, 0.05) is 11.8 Å². The van der Waals surface area contributed by atoms with Gasteiger partial charge in [-0.2, -0.15) is 13.2 Å². The standard InChI is InChI=1S/C9H8F4O2S/c1-16(14,15)5-6-7(9(11,12)13)3-2-4-8(6)10/h2-4H,5H2,1H3. The molecule has 1 aromatic carbocycles. The monoisotopic (exact) mass is 256 g/mol. The minimum absolute atomic E-state index is 0.656. The Balaban J connectivity index is 3.36. The molecule has 1 aromatic rings. The van der Waals surface area contributed by atoms with Gasteiger partial charge < -0.3 is 0 Å². The first-order valence-electron chi connectivity index (χ1n) is 4.13. The van der Waals surface area contributed by atoms with E-state index in [1.807, 2.05) is 0 Å². The second kappa shape index (κ2) is 4.04. The van der Waals surface area contributed by atoms with Crippen LogP contribution in [0.3, 0.4) is 0 Å². The molecule has 0 atom stereocenters. The van der Waals surface area contributed by atoms with Crippen molar-refractivity contribution < 1.29 is 26.0 Å². The van der Waals surface area contributed by atoms with Crippen molar-refractivity contribution in [3.63, 3.8) is 0 Å². The molecule has 1 rings (SSSR count). The molecule has 16 heavy (non-hydrogen) atoms. The predicted molar refractivity (Wildman–Crippen MR) is 49.9 cm³/mol. The van der Waals surface area contributed by atoms with Gasteiger partial charge in [-0.3, -0.25) is 0 Å². The zero-order valence-electron chi connectivity index (χ0n) is 8.18. The summed E-state index contributed by atoms with van der Waals surface area (Å²) in [6, 6.07) is 2.35. The molecule has 0 N–H and O–H groups in total. The smallest absolute Gasteiger partial charge is 0.229 e. The van der Waals surface area contributed by atoms with Gasteiger partial charge in [0.2, 0.25) is 0 Å². The summed E-state index contributed by atoms with van der Waals surface area (Å²) in [4.78, 5) is 0. The molecule has 0 saturated carbocycles. The summed E-state index contributed by atoms with van der Waals surface area (Å²) in [6.07, 6.45) is -4.01. The number of rotatable bonds is 2. The van der Waals surface area contributed by atoms with Gasteiger partial charge in [-0.05, 0) is 12.1 Å². The lowest BCUT2D eigenvalue weighted by Gasteiger charge is -2.12. The highest BCUT2D eigenvalue weighted by molar-refractivity contribution is 7.89. The molecule has 0 aliphatic heterocycles. The van der Waals surface area contributed by atoms with Crippen LogP contribution in [0, 0.1) is 5.82 Å². The summed E-state index contributed by atoms with van der Waals surface area (Å²) < 4.78 is 72.3. The highest BCUT2D eigenvalue weighted by Crippen LogP contribution is 2.33. The molecule has 90 valence electrons. The third-order valence-corrected chi connectivity index (χ3v) is 2.64. The first-order chi connectivity index (χ1) is 7.11. The molecule has 0 heterocycles. The predicted octanol–water partition coefficient (Wildman–Crippen LogP) is 2.39. The minimum atomic E-state index is -4.76. The fraction of sp³-hybridized carbons (Fsp3) is 0.333. The molecule has 0 amide bonds. The van der Waals surface area contributed by atoms with E-state index in [2.05, 4.69) is 0 Å². The number of halogens is 4. The summed E-state index contributed by atoms with van der Waals surface area (Å²) >= 11 is 0. The van der Waals surface area contributed by atoms with Crippen LogP contribution in [0.4, 0.5) is 17.6 Å². The lowest BCUT2D eigenvalue weighted by Crippen LogP contribution is -2.13. The first-order valence-corrected chi connectivity index (χ1v) is 6.19. The van der Waals surface area contributed by atoms with Crippen LogP contribution in [0.2, 0.25) is 0 Å². The average molecular weight is 256 g/mol. The Morgan fingerprint density at radius 2 is 1.81 bits per heavy atom. The summed E-state index contributed by atoms with van der Waals surface area (Å²) in [7, 11) is -3.72. The van der Waals surface area contributed by atoms with Gasteiger partial charge in [-0.25, -0.2) is 12.8 Å². The first kappa shape index (κ1) is 13.0. The number of hydrogen-bond acceptors (Lipinski definition) is 2. The zero-order chi connectivity index (χ0) is 12.6. The van der Waals surface area contributed by atoms with Gasteiger partial charge in [-0.15, -0.1) is 0 Å². The molecule has 0 saturated heterocycles. The lowest BCUT2D eigenvalue weighted by molar-refractivity contribution is -0.138. The van der Waals surface area contributed by atoms with E-state index >= 15 is 0 Å². The number of hydrogen-bond donors (Lipinski definition) is 0. The van der Waals surface area contributed by atoms with Gasteiger partial charge in [0.25, 0.3) is 0 Å². The highest BCUT2D eigenvalue weighted by atomic mass is 32.2. The molecular weight excluding hydrogens is 248 g/mol. The molecule has 0 unspecified atom stereocenters. The maximum absolute atomic E-state index is 13.1. The second-order valence-electron chi connectivity index (χ2n) is 3.33. The van der Waals surface area contributed by atoms with Crippen molar-refractivity contribution in [2.24, 2.45) is 0 Å². The maximum atomic E-state index is 13.1. The van der Waals surface area contributed by atoms with Crippen LogP contribution in [0.15, 0.2) is 18.2 Å². The molecule has 2 nitrogen and oxygen atoms in total. The van der Waals surface area contributed by atoms with Crippen molar-refractivity contribution in [2.75, 3.05) is 6.26 Å². The Bertz CT molecular complexity index is 491. The lowest BCUT2D eigenvalue weighted by atomic mass is 10.1. The van der Waals surface area contributed by atoms with Gasteiger partial charge >= 0.3 is 6.18 Å². The van der Waals surface area contributed by atoms with Gasteiger partial charge in [0.1, 0.15) is 5.82 Å². The van der Waals surface area contributed by atoms with Crippen LogP contribution in [0.25, 0.3) is 0 Å². The van der Waals surface area contributed by atoms with Crippen molar-refractivity contribution >= 4 is 9.84 Å². The Kier molecular flexibility index (Phi) is 3.27. The second-order valence-corrected chi connectivity index (χ2v) is 5.47. The van der Waals surface area contributed by atoms with E-state index in [4.69, 9.17) is 0 Å². The average Bonchev–Trinajstić information content (AvgIpc) is 2.04. The van der Waals surface area contributed by atoms with E-state index in [9.17, 15) is 26.0 Å². The minimum Gasteiger partial charge on any atom is -0.229 e. The number of alkyl halides is 3. The van der Waals surface area contributed by atoms with Gasteiger partial charge in [0.05, 0.1) is 11.3 Å². The van der Waals surface area contributed by atoms with Crippen LogP contribution < -0.4 is 0 Å². The van der Waals surface area contributed by atoms with Crippen molar-refractivity contribution in [1.29, 1.82) is 0 Å². The Morgan fingerprint density at radius 3 is 2.25 bits per heavy atom. The fourth-order valence-electron chi connectivity index (χ4n) is 1.23. The topological polar surface area (TPSA) is 34.1 Å². The summed E-state index contributed by atoms with van der Waals surface area (Å²) in [6.45, 7) is 0. The third kappa shape index (κ3) is 3.19. The Hall–Kier alpha value is -1.11. The van der Waals surface area contributed by atoms with Crippen molar-refractivity contribution in [2.45, 2.75) is 11.9 Å². The molecule has 0 radical (unpaired) electrons. The van der Waals surface area contributed by atoms with E-state index in [1.54, 1.807) is 0 Å². The summed E-state index contributed by atoms with van der Waals surface area (Å²) in [5.74, 6) is -2.13. The van der Waals surface area contributed by atoms with E-state index < -0.39 is 38.7 Å². The number of benzene rings is 1. The van der Waals surface area contributed by atoms with E-state index in [0.29, 0.717) is 6.07 Å². The quantitative estimate of drug-likeness (QED) is 0.761. The largest absolute Gasteiger partial charge is 0.416 e. The summed E-state index contributed by atoms with van der Waals surface area (Å²) in [5.41, 5.74) is -2.09. The maximum Gasteiger partial charge on any atom is 0.416 e. The summed E-state index contributed by atoms with van der Waals surface area (Å²) in [5, 5.41) is 0. The third-order valence-electron chi connectivity index (χ3n) is 1.83. The normalized spacial score (nSPS) is 12.8. The Labute approximate surface area is 89.8 Å². The molecular formula is C9H8F4O2S. The molecule has 0 aliphatic rings. The van der Waals surface area contributed by atoms with Crippen molar-refractivity contribution in [3.8, 4) is 0 Å². The molecule has 0 aromatic heterocycles. The van der Waals surface area contributed by atoms with E-state index in [1.165, 1.54) is 0 Å². The van der Waals surface area contributed by atoms with Crippen LogP contribution in [0.5, 0.6) is 0 Å². The van der Waals surface area contributed by atoms with E-state index in [-0.39, 0.29) is 0 Å². The highest BCUT2D eigenvalue weighted by Gasteiger charge is 2.35. The fourth-order valence-corrected chi connectivity index (χ4v) is 2.05. The molecule has 0 spiro atoms. The van der Waals surface area contributed by atoms with Crippen molar-refractivity contribution in [1.82, 2.24) is 0 Å². The Morgan fingerprint density at radius 1 is 1.25 bits per heavy atom. The molecule has 0 fully saturated rings. The van der Waals surface area contributed by atoms with Gasteiger partial charge in [0.15, 0.2) is 9.84 Å².